The molecule has 0 aliphatic heterocycles. The van der Waals surface area contributed by atoms with Gasteiger partial charge in [0.15, 0.2) is 0 Å². The van der Waals surface area contributed by atoms with Crippen molar-refractivity contribution in [2.75, 3.05) is 0 Å². The van der Waals surface area contributed by atoms with Crippen molar-refractivity contribution in [2.24, 2.45) is 0 Å². The van der Waals surface area contributed by atoms with Crippen molar-refractivity contribution in [1.82, 2.24) is 4.98 Å². The summed E-state index contributed by atoms with van der Waals surface area (Å²) in [6.45, 7) is 0. The lowest BCUT2D eigenvalue weighted by Crippen LogP contribution is -2.30. The van der Waals surface area contributed by atoms with Gasteiger partial charge in [-0.2, -0.15) is 8.78 Å². The first-order valence-corrected chi connectivity index (χ1v) is 5.60. The molecule has 1 aromatic carbocycles. The van der Waals surface area contributed by atoms with E-state index in [0.717, 1.165) is 0 Å². The van der Waals surface area contributed by atoms with E-state index < -0.39 is 18.3 Å². The summed E-state index contributed by atoms with van der Waals surface area (Å²) in [5, 5.41) is 8.43. The summed E-state index contributed by atoms with van der Waals surface area (Å²) in [6.07, 6.45) is 0.775. The van der Waals surface area contributed by atoms with Gasteiger partial charge in [-0.05, 0) is 23.8 Å². The number of rotatable bonds is 4. The van der Waals surface area contributed by atoms with Crippen LogP contribution < -0.4 is 0 Å². The summed E-state index contributed by atoms with van der Waals surface area (Å²) in [6, 6.07) is 11.7. The maximum atomic E-state index is 13.2. The van der Waals surface area contributed by atoms with E-state index in [-0.39, 0.29) is 5.56 Å². The summed E-state index contributed by atoms with van der Waals surface area (Å²) >= 11 is 0. The van der Waals surface area contributed by atoms with Crippen molar-refractivity contribution < 1.29 is 18.7 Å². The van der Waals surface area contributed by atoms with Crippen LogP contribution >= 0.6 is 0 Å². The summed E-state index contributed by atoms with van der Waals surface area (Å²) in [5.41, 5.74) is 1.60. The summed E-state index contributed by atoms with van der Waals surface area (Å²) in [5.74, 6) is -5.88. The van der Waals surface area contributed by atoms with Gasteiger partial charge in [-0.25, -0.2) is 4.79 Å². The molecule has 0 bridgehead atoms. The molecule has 0 atom stereocenters. The Morgan fingerprint density at radius 1 is 1.21 bits per heavy atom. The molecule has 0 radical (unpaired) electrons. The van der Waals surface area contributed by atoms with Gasteiger partial charge >= 0.3 is 11.9 Å². The number of aliphatic carboxylic acids is 1. The van der Waals surface area contributed by atoms with E-state index in [1.165, 1.54) is 12.1 Å². The normalized spacial score (nSPS) is 11.3. The van der Waals surface area contributed by atoms with Crippen LogP contribution in [-0.4, -0.2) is 22.0 Å². The fourth-order valence-electron chi connectivity index (χ4n) is 1.71. The van der Waals surface area contributed by atoms with E-state index in [2.05, 4.69) is 4.98 Å². The highest BCUT2D eigenvalue weighted by atomic mass is 19.3. The molecule has 0 spiro atoms. The fraction of sp³-hybridized carbons (Fsp3) is 0.143. The Labute approximate surface area is 108 Å². The number of alkyl halides is 2. The van der Waals surface area contributed by atoms with Crippen LogP contribution in [0.4, 0.5) is 8.78 Å². The van der Waals surface area contributed by atoms with E-state index in [4.69, 9.17) is 5.11 Å². The summed E-state index contributed by atoms with van der Waals surface area (Å²) in [4.78, 5) is 14.5. The van der Waals surface area contributed by atoms with Gasteiger partial charge in [0.2, 0.25) is 0 Å². The number of halogens is 2. The Kier molecular flexibility index (Phi) is 3.55. The molecule has 3 nitrogen and oxygen atoms in total. The molecular weight excluding hydrogens is 252 g/mol. The number of pyridine rings is 1. The lowest BCUT2D eigenvalue weighted by molar-refractivity contribution is -0.164. The van der Waals surface area contributed by atoms with E-state index >= 15 is 0 Å². The van der Waals surface area contributed by atoms with Crippen LogP contribution in [0.1, 0.15) is 5.56 Å². The molecule has 0 aliphatic rings. The molecule has 98 valence electrons. The largest absolute Gasteiger partial charge is 0.477 e. The number of hydrogen-bond donors (Lipinski definition) is 1. The zero-order valence-corrected chi connectivity index (χ0v) is 9.88. The van der Waals surface area contributed by atoms with E-state index in [9.17, 15) is 13.6 Å². The highest BCUT2D eigenvalue weighted by molar-refractivity contribution is 5.75. The maximum Gasteiger partial charge on any atom is 0.374 e. The van der Waals surface area contributed by atoms with E-state index in [1.807, 2.05) is 0 Å². The Balaban J connectivity index is 2.28. The van der Waals surface area contributed by atoms with Gasteiger partial charge in [0.1, 0.15) is 0 Å². The highest BCUT2D eigenvalue weighted by Gasteiger charge is 2.38. The third kappa shape index (κ3) is 3.13. The van der Waals surface area contributed by atoms with Crippen molar-refractivity contribution >= 4 is 5.97 Å². The zero-order valence-electron chi connectivity index (χ0n) is 9.88. The second-order valence-electron chi connectivity index (χ2n) is 4.10. The smallest absolute Gasteiger partial charge is 0.374 e. The van der Waals surface area contributed by atoms with Crippen LogP contribution in [0.25, 0.3) is 11.3 Å². The summed E-state index contributed by atoms with van der Waals surface area (Å²) in [7, 11) is 0. The minimum atomic E-state index is -3.76. The number of carboxylic acids is 1. The minimum absolute atomic E-state index is 0.260. The SMILES string of the molecule is O=C(O)C(F)(F)Cc1cccc(-c2ccccn2)c1. The molecule has 2 rings (SSSR count). The van der Waals surface area contributed by atoms with Gasteiger partial charge in [0.25, 0.3) is 0 Å². The third-order valence-corrected chi connectivity index (χ3v) is 2.63. The van der Waals surface area contributed by atoms with Gasteiger partial charge in [-0.3, -0.25) is 4.98 Å². The Morgan fingerprint density at radius 2 is 2.00 bits per heavy atom. The number of hydrogen-bond acceptors (Lipinski definition) is 2. The molecule has 1 heterocycles. The number of nitrogens with zero attached hydrogens (tertiary/aromatic N) is 1. The minimum Gasteiger partial charge on any atom is -0.477 e. The number of aromatic nitrogens is 1. The number of carbonyl (C=O) groups is 1. The Morgan fingerprint density at radius 3 is 2.63 bits per heavy atom. The van der Waals surface area contributed by atoms with Crippen molar-refractivity contribution in [3.63, 3.8) is 0 Å². The van der Waals surface area contributed by atoms with Gasteiger partial charge < -0.3 is 5.11 Å². The molecule has 19 heavy (non-hydrogen) atoms. The number of carboxylic acid groups (broad SMARTS) is 1. The Hall–Kier alpha value is -2.30. The van der Waals surface area contributed by atoms with Crippen molar-refractivity contribution in [1.29, 1.82) is 0 Å². The second kappa shape index (κ2) is 5.14. The van der Waals surface area contributed by atoms with Crippen LogP contribution in [-0.2, 0) is 11.2 Å². The van der Waals surface area contributed by atoms with Crippen LogP contribution in [0.15, 0.2) is 48.7 Å². The predicted octanol–water partition coefficient (Wildman–Crippen LogP) is 3.01. The molecule has 5 heteroatoms. The van der Waals surface area contributed by atoms with Crippen molar-refractivity contribution in [3.05, 3.63) is 54.2 Å². The van der Waals surface area contributed by atoms with E-state index in [1.54, 1.807) is 36.5 Å². The molecule has 0 fully saturated rings. The molecule has 2 aromatic rings. The van der Waals surface area contributed by atoms with Crippen LogP contribution in [0.5, 0.6) is 0 Å². The first kappa shape index (κ1) is 13.1. The highest BCUT2D eigenvalue weighted by Crippen LogP contribution is 2.24. The van der Waals surface area contributed by atoms with Crippen molar-refractivity contribution in [2.45, 2.75) is 12.3 Å². The predicted molar refractivity (Wildman–Crippen MR) is 66.0 cm³/mol. The van der Waals surface area contributed by atoms with Crippen LogP contribution in [0, 0.1) is 0 Å². The Bertz CT molecular complexity index is 585. The molecule has 0 unspecified atom stereocenters. The van der Waals surface area contributed by atoms with Gasteiger partial charge in [-0.1, -0.05) is 24.3 Å². The number of benzene rings is 1. The van der Waals surface area contributed by atoms with Crippen molar-refractivity contribution in [3.8, 4) is 11.3 Å². The molecule has 0 saturated heterocycles. The molecule has 0 saturated carbocycles. The average Bonchev–Trinajstić information content (AvgIpc) is 2.39. The average molecular weight is 263 g/mol. The third-order valence-electron chi connectivity index (χ3n) is 2.63. The summed E-state index contributed by atoms with van der Waals surface area (Å²) < 4.78 is 26.3. The molecule has 1 N–H and O–H groups in total. The molecule has 0 amide bonds. The van der Waals surface area contributed by atoms with Gasteiger partial charge in [-0.15, -0.1) is 0 Å². The quantitative estimate of drug-likeness (QED) is 0.922. The second-order valence-corrected chi connectivity index (χ2v) is 4.10. The van der Waals surface area contributed by atoms with Gasteiger partial charge in [0, 0.05) is 18.2 Å². The van der Waals surface area contributed by atoms with E-state index in [0.29, 0.717) is 11.3 Å². The maximum absolute atomic E-state index is 13.2. The molecule has 0 aliphatic carbocycles. The zero-order chi connectivity index (χ0) is 13.9. The molecule has 1 aromatic heterocycles. The van der Waals surface area contributed by atoms with Crippen LogP contribution in [0.3, 0.4) is 0 Å². The molecular formula is C14H11F2NO2. The first-order chi connectivity index (χ1) is 8.99. The monoisotopic (exact) mass is 263 g/mol. The topological polar surface area (TPSA) is 50.2 Å². The van der Waals surface area contributed by atoms with Crippen LogP contribution in [0.2, 0.25) is 0 Å². The standard InChI is InChI=1S/C14H11F2NO2/c15-14(16,13(18)19)9-10-4-3-5-11(8-10)12-6-1-2-7-17-12/h1-8H,9H2,(H,18,19). The fourth-order valence-corrected chi connectivity index (χ4v) is 1.71. The lowest BCUT2D eigenvalue weighted by Gasteiger charge is -2.11. The van der Waals surface area contributed by atoms with Gasteiger partial charge in [0.05, 0.1) is 5.69 Å². The first-order valence-electron chi connectivity index (χ1n) is 5.60. The lowest BCUT2D eigenvalue weighted by atomic mass is 10.0.